The molecular weight excluding hydrogens is 218 g/mol. The van der Waals surface area contributed by atoms with Crippen molar-refractivity contribution < 1.29 is 14.3 Å². The van der Waals surface area contributed by atoms with Gasteiger partial charge in [0.1, 0.15) is 6.61 Å². The smallest absolute Gasteiger partial charge is 0.190 e. The summed E-state index contributed by atoms with van der Waals surface area (Å²) >= 11 is 0. The van der Waals surface area contributed by atoms with Crippen LogP contribution in [0.25, 0.3) is 0 Å². The van der Waals surface area contributed by atoms with Gasteiger partial charge in [0.25, 0.3) is 0 Å². The summed E-state index contributed by atoms with van der Waals surface area (Å²) in [6.45, 7) is 7.66. The van der Waals surface area contributed by atoms with Gasteiger partial charge in [-0.15, -0.1) is 0 Å². The first kappa shape index (κ1) is 13.9. The summed E-state index contributed by atoms with van der Waals surface area (Å²) in [5.41, 5.74) is 2.82. The number of ketones is 1. The van der Waals surface area contributed by atoms with Crippen LogP contribution < -0.4 is 0 Å². The van der Waals surface area contributed by atoms with E-state index in [0.717, 1.165) is 17.0 Å². The quantitative estimate of drug-likeness (QED) is 0.539. The maximum absolute atomic E-state index is 11.9. The van der Waals surface area contributed by atoms with Gasteiger partial charge in [0.15, 0.2) is 5.78 Å². The first-order chi connectivity index (χ1) is 8.07. The van der Waals surface area contributed by atoms with Gasteiger partial charge in [-0.1, -0.05) is 0 Å². The highest BCUT2D eigenvalue weighted by Crippen LogP contribution is 2.13. The minimum Gasteiger partial charge on any atom is -0.379 e. The molecule has 0 aliphatic rings. The molecule has 1 aromatic heterocycles. The van der Waals surface area contributed by atoms with Crippen LogP contribution in [0.3, 0.4) is 0 Å². The lowest BCUT2D eigenvalue weighted by Gasteiger charge is -2.04. The molecule has 1 heterocycles. The standard InChI is InChI=1S/C13H21NO3/c1-5-16-6-7-17-9-13(15)12-8-10(2)14(4)11(12)3/h8H,5-7,9H2,1-4H3. The van der Waals surface area contributed by atoms with Gasteiger partial charge in [-0.3, -0.25) is 4.79 Å². The summed E-state index contributed by atoms with van der Waals surface area (Å²) in [5, 5.41) is 0. The number of aromatic nitrogens is 1. The summed E-state index contributed by atoms with van der Waals surface area (Å²) in [6.07, 6.45) is 0. The summed E-state index contributed by atoms with van der Waals surface area (Å²) in [4.78, 5) is 11.9. The molecule has 0 bridgehead atoms. The molecule has 0 unspecified atom stereocenters. The van der Waals surface area contributed by atoms with E-state index in [4.69, 9.17) is 9.47 Å². The van der Waals surface area contributed by atoms with Crippen LogP contribution in [0.4, 0.5) is 0 Å². The minimum atomic E-state index is 0.0303. The number of Topliss-reactive ketones (excluding diaryl/α,β-unsaturated/α-hetero) is 1. The zero-order valence-corrected chi connectivity index (χ0v) is 11.1. The first-order valence-electron chi connectivity index (χ1n) is 5.89. The van der Waals surface area contributed by atoms with Crippen LogP contribution in [-0.2, 0) is 16.5 Å². The van der Waals surface area contributed by atoms with E-state index in [1.54, 1.807) is 0 Å². The Bertz CT molecular complexity index is 382. The SMILES string of the molecule is CCOCCOCC(=O)c1cc(C)n(C)c1C. The fourth-order valence-electron chi connectivity index (χ4n) is 1.64. The Hall–Kier alpha value is -1.13. The van der Waals surface area contributed by atoms with E-state index in [1.807, 2.05) is 38.5 Å². The van der Waals surface area contributed by atoms with Crippen LogP contribution in [0, 0.1) is 13.8 Å². The molecule has 1 aromatic rings. The summed E-state index contributed by atoms with van der Waals surface area (Å²) in [5.74, 6) is 0.0303. The number of nitrogens with zero attached hydrogens (tertiary/aromatic N) is 1. The normalized spacial score (nSPS) is 10.8. The van der Waals surface area contributed by atoms with Crippen LogP contribution >= 0.6 is 0 Å². The fraction of sp³-hybridized carbons (Fsp3) is 0.615. The van der Waals surface area contributed by atoms with Crippen LogP contribution in [0.5, 0.6) is 0 Å². The molecular formula is C13H21NO3. The Morgan fingerprint density at radius 2 is 1.94 bits per heavy atom. The van der Waals surface area contributed by atoms with E-state index in [9.17, 15) is 4.79 Å². The highest BCUT2D eigenvalue weighted by Gasteiger charge is 2.13. The topological polar surface area (TPSA) is 40.5 Å². The van der Waals surface area contributed by atoms with Crippen molar-refractivity contribution in [1.29, 1.82) is 0 Å². The van der Waals surface area contributed by atoms with Crippen molar-refractivity contribution in [2.75, 3.05) is 26.4 Å². The van der Waals surface area contributed by atoms with Crippen molar-refractivity contribution in [3.8, 4) is 0 Å². The lowest BCUT2D eigenvalue weighted by atomic mass is 10.1. The van der Waals surface area contributed by atoms with Crippen LogP contribution in [0.15, 0.2) is 6.07 Å². The molecule has 17 heavy (non-hydrogen) atoms. The molecule has 0 aromatic carbocycles. The molecule has 0 amide bonds. The molecule has 4 nitrogen and oxygen atoms in total. The van der Waals surface area contributed by atoms with Gasteiger partial charge in [0.2, 0.25) is 0 Å². The van der Waals surface area contributed by atoms with E-state index in [1.165, 1.54) is 0 Å². The Balaban J connectivity index is 2.44. The van der Waals surface area contributed by atoms with Crippen molar-refractivity contribution >= 4 is 5.78 Å². The number of carbonyl (C=O) groups is 1. The van der Waals surface area contributed by atoms with Gasteiger partial charge in [0, 0.05) is 30.6 Å². The highest BCUT2D eigenvalue weighted by atomic mass is 16.5. The zero-order chi connectivity index (χ0) is 12.8. The molecule has 1 rings (SSSR count). The molecule has 0 saturated carbocycles. The monoisotopic (exact) mass is 239 g/mol. The average molecular weight is 239 g/mol. The molecule has 0 saturated heterocycles. The van der Waals surface area contributed by atoms with Crippen molar-refractivity contribution in [2.45, 2.75) is 20.8 Å². The van der Waals surface area contributed by atoms with E-state index in [0.29, 0.717) is 19.8 Å². The summed E-state index contributed by atoms with van der Waals surface area (Å²) in [6, 6.07) is 1.91. The molecule has 0 atom stereocenters. The Morgan fingerprint density at radius 3 is 2.47 bits per heavy atom. The van der Waals surface area contributed by atoms with Crippen molar-refractivity contribution in [3.63, 3.8) is 0 Å². The summed E-state index contributed by atoms with van der Waals surface area (Å²) < 4.78 is 12.4. The van der Waals surface area contributed by atoms with Crippen LogP contribution in [0.1, 0.15) is 28.7 Å². The van der Waals surface area contributed by atoms with Crippen molar-refractivity contribution in [2.24, 2.45) is 7.05 Å². The van der Waals surface area contributed by atoms with Crippen molar-refractivity contribution in [1.82, 2.24) is 4.57 Å². The van der Waals surface area contributed by atoms with E-state index < -0.39 is 0 Å². The largest absolute Gasteiger partial charge is 0.379 e. The second kappa shape index (κ2) is 6.57. The molecule has 0 aliphatic heterocycles. The maximum atomic E-state index is 11.9. The number of hydrogen-bond donors (Lipinski definition) is 0. The first-order valence-corrected chi connectivity index (χ1v) is 5.89. The fourth-order valence-corrected chi connectivity index (χ4v) is 1.64. The van der Waals surface area contributed by atoms with Crippen molar-refractivity contribution in [3.05, 3.63) is 23.0 Å². The Kier molecular flexibility index (Phi) is 5.38. The van der Waals surface area contributed by atoms with Crippen LogP contribution in [0.2, 0.25) is 0 Å². The van der Waals surface area contributed by atoms with E-state index >= 15 is 0 Å². The third-order valence-corrected chi connectivity index (χ3v) is 2.88. The number of carbonyl (C=O) groups excluding carboxylic acids is 1. The molecule has 96 valence electrons. The van der Waals surface area contributed by atoms with E-state index in [2.05, 4.69) is 0 Å². The second-order valence-corrected chi connectivity index (χ2v) is 4.02. The van der Waals surface area contributed by atoms with E-state index in [-0.39, 0.29) is 12.4 Å². The predicted octanol–water partition coefficient (Wildman–Crippen LogP) is 1.88. The van der Waals surface area contributed by atoms with Gasteiger partial charge in [-0.05, 0) is 26.8 Å². The average Bonchev–Trinajstić information content (AvgIpc) is 2.56. The third-order valence-electron chi connectivity index (χ3n) is 2.88. The number of aryl methyl sites for hydroxylation is 1. The van der Waals surface area contributed by atoms with Gasteiger partial charge in [-0.25, -0.2) is 0 Å². The molecule has 4 heteroatoms. The van der Waals surface area contributed by atoms with Gasteiger partial charge >= 0.3 is 0 Å². The highest BCUT2D eigenvalue weighted by molar-refractivity contribution is 5.98. The molecule has 0 N–H and O–H groups in total. The zero-order valence-electron chi connectivity index (χ0n) is 11.1. The maximum Gasteiger partial charge on any atom is 0.190 e. The second-order valence-electron chi connectivity index (χ2n) is 4.02. The van der Waals surface area contributed by atoms with Gasteiger partial charge in [0.05, 0.1) is 13.2 Å². The molecule has 0 aliphatic carbocycles. The summed E-state index contributed by atoms with van der Waals surface area (Å²) in [7, 11) is 1.96. The molecule has 0 fully saturated rings. The predicted molar refractivity (Wildman–Crippen MR) is 66.5 cm³/mol. The van der Waals surface area contributed by atoms with Crippen LogP contribution in [-0.4, -0.2) is 36.8 Å². The number of rotatable bonds is 7. The number of hydrogen-bond acceptors (Lipinski definition) is 3. The Morgan fingerprint density at radius 1 is 1.29 bits per heavy atom. The Labute approximate surface area is 103 Å². The minimum absolute atomic E-state index is 0.0303. The molecule has 0 spiro atoms. The molecule has 0 radical (unpaired) electrons. The third kappa shape index (κ3) is 3.68. The van der Waals surface area contributed by atoms with Gasteiger partial charge < -0.3 is 14.0 Å². The lowest BCUT2D eigenvalue weighted by molar-refractivity contribution is 0.0474. The van der Waals surface area contributed by atoms with Gasteiger partial charge in [-0.2, -0.15) is 0 Å². The number of ether oxygens (including phenoxy) is 2. The lowest BCUT2D eigenvalue weighted by Crippen LogP contribution is -2.13.